The summed E-state index contributed by atoms with van der Waals surface area (Å²) in [6.07, 6.45) is -1.28. The lowest BCUT2D eigenvalue weighted by atomic mass is 10.1. The molecule has 1 aliphatic rings. The van der Waals surface area contributed by atoms with E-state index in [1.54, 1.807) is 24.3 Å². The highest BCUT2D eigenvalue weighted by molar-refractivity contribution is 9.10. The molecule has 0 aliphatic carbocycles. The van der Waals surface area contributed by atoms with Gasteiger partial charge in [-0.3, -0.25) is 4.90 Å². The van der Waals surface area contributed by atoms with Gasteiger partial charge < -0.3 is 14.7 Å². The molecule has 4 rings (SSSR count). The molecule has 0 bridgehead atoms. The largest absolute Gasteiger partial charge is 0.445 e. The highest BCUT2D eigenvalue weighted by Gasteiger charge is 2.38. The fourth-order valence-corrected chi connectivity index (χ4v) is 4.62. The van der Waals surface area contributed by atoms with Crippen LogP contribution in [0.2, 0.25) is 5.02 Å². The van der Waals surface area contributed by atoms with Crippen LogP contribution in [0.25, 0.3) is 0 Å². The Morgan fingerprint density at radius 3 is 2.53 bits per heavy atom. The average molecular weight is 548 g/mol. The molecule has 0 unspecified atom stereocenters. The van der Waals surface area contributed by atoms with Crippen molar-refractivity contribution in [3.05, 3.63) is 105 Å². The summed E-state index contributed by atoms with van der Waals surface area (Å²) in [5.74, 6) is -0.323. The van der Waals surface area contributed by atoms with Crippen LogP contribution in [0, 0.1) is 5.82 Å². The number of nitrogens with zero attached hydrogens (tertiary/aromatic N) is 2. The molecule has 1 aliphatic heterocycles. The van der Waals surface area contributed by atoms with Crippen LogP contribution in [0.15, 0.2) is 77.3 Å². The molecule has 1 fully saturated rings. The molecule has 178 valence electrons. The Kier molecular flexibility index (Phi) is 8.21. The zero-order valence-corrected chi connectivity index (χ0v) is 20.8. The number of benzene rings is 3. The predicted octanol–water partition coefficient (Wildman–Crippen LogP) is 5.63. The summed E-state index contributed by atoms with van der Waals surface area (Å²) < 4.78 is 20.8. The lowest BCUT2D eigenvalue weighted by Gasteiger charge is -2.31. The maximum Gasteiger partial charge on any atom is 0.410 e. The number of β-amino-alcohol motifs (C(OH)–C–C–N with tert-alkyl or cyclic N) is 1. The summed E-state index contributed by atoms with van der Waals surface area (Å²) in [5.41, 5.74) is 2.36. The van der Waals surface area contributed by atoms with Crippen LogP contribution >= 0.6 is 27.5 Å². The highest BCUT2D eigenvalue weighted by atomic mass is 79.9. The van der Waals surface area contributed by atoms with E-state index in [2.05, 4.69) is 15.9 Å². The highest BCUT2D eigenvalue weighted by Crippen LogP contribution is 2.25. The summed E-state index contributed by atoms with van der Waals surface area (Å²) in [6, 6.07) is 21.2. The third kappa shape index (κ3) is 6.36. The van der Waals surface area contributed by atoms with E-state index in [4.69, 9.17) is 16.3 Å². The molecule has 0 aromatic heterocycles. The zero-order chi connectivity index (χ0) is 24.1. The maximum absolute atomic E-state index is 14.6. The van der Waals surface area contributed by atoms with Gasteiger partial charge in [0.15, 0.2) is 0 Å². The molecule has 5 nitrogen and oxygen atoms in total. The molecule has 1 N–H and O–H groups in total. The number of aliphatic hydroxyl groups is 1. The second kappa shape index (κ2) is 11.3. The van der Waals surface area contributed by atoms with Gasteiger partial charge in [-0.2, -0.15) is 0 Å². The van der Waals surface area contributed by atoms with E-state index in [0.717, 1.165) is 15.6 Å². The summed E-state index contributed by atoms with van der Waals surface area (Å²) in [7, 11) is 0. The second-order valence-corrected chi connectivity index (χ2v) is 9.70. The first kappa shape index (κ1) is 24.7. The number of hydrogen-bond acceptors (Lipinski definition) is 4. The minimum Gasteiger partial charge on any atom is -0.445 e. The van der Waals surface area contributed by atoms with Crippen LogP contribution < -0.4 is 0 Å². The van der Waals surface area contributed by atoms with Gasteiger partial charge in [-0.25, -0.2) is 9.18 Å². The van der Waals surface area contributed by atoms with E-state index < -0.39 is 18.2 Å². The van der Waals surface area contributed by atoms with Gasteiger partial charge in [-0.15, -0.1) is 0 Å². The van der Waals surface area contributed by atoms with Crippen molar-refractivity contribution >= 4 is 33.6 Å². The Morgan fingerprint density at radius 1 is 1.06 bits per heavy atom. The van der Waals surface area contributed by atoms with Crippen molar-refractivity contribution in [2.24, 2.45) is 0 Å². The third-order valence-electron chi connectivity index (χ3n) is 5.87. The Morgan fingerprint density at radius 2 is 1.79 bits per heavy atom. The average Bonchev–Trinajstić information content (AvgIpc) is 3.23. The van der Waals surface area contributed by atoms with Gasteiger partial charge in [0, 0.05) is 34.7 Å². The van der Waals surface area contributed by atoms with Crippen molar-refractivity contribution in [3.63, 3.8) is 0 Å². The predicted molar refractivity (Wildman–Crippen MR) is 133 cm³/mol. The Hall–Kier alpha value is -2.45. The third-order valence-corrected chi connectivity index (χ3v) is 6.62. The van der Waals surface area contributed by atoms with Crippen molar-refractivity contribution in [2.75, 3.05) is 13.1 Å². The van der Waals surface area contributed by atoms with Gasteiger partial charge >= 0.3 is 6.09 Å². The first-order valence-corrected chi connectivity index (χ1v) is 12.1. The number of carbonyl (C=O) groups is 1. The number of likely N-dealkylation sites (tertiary alicyclic amines) is 1. The van der Waals surface area contributed by atoms with Gasteiger partial charge in [-0.05, 0) is 41.5 Å². The zero-order valence-electron chi connectivity index (χ0n) is 18.4. The smallest absolute Gasteiger partial charge is 0.410 e. The molecule has 3 aromatic carbocycles. The molecule has 34 heavy (non-hydrogen) atoms. The molecule has 8 heteroatoms. The topological polar surface area (TPSA) is 53.0 Å². The normalized spacial score (nSPS) is 17.9. The van der Waals surface area contributed by atoms with Crippen molar-refractivity contribution in [1.82, 2.24) is 9.80 Å². The Bertz CT molecular complexity index is 1120. The molecule has 0 radical (unpaired) electrons. The van der Waals surface area contributed by atoms with Gasteiger partial charge in [-0.1, -0.05) is 70.0 Å². The van der Waals surface area contributed by atoms with E-state index in [1.165, 1.54) is 11.0 Å². The van der Waals surface area contributed by atoms with Gasteiger partial charge in [0.2, 0.25) is 0 Å². The van der Waals surface area contributed by atoms with E-state index in [0.29, 0.717) is 17.1 Å². The van der Waals surface area contributed by atoms with Crippen molar-refractivity contribution in [3.8, 4) is 0 Å². The van der Waals surface area contributed by atoms with Crippen LogP contribution in [0.1, 0.15) is 16.7 Å². The van der Waals surface area contributed by atoms with Crippen molar-refractivity contribution < 1.29 is 19.0 Å². The minimum atomic E-state index is -0.799. The van der Waals surface area contributed by atoms with Gasteiger partial charge in [0.05, 0.1) is 18.7 Å². The molecule has 0 spiro atoms. The van der Waals surface area contributed by atoms with Crippen LogP contribution in [-0.4, -0.2) is 46.2 Å². The lowest BCUT2D eigenvalue weighted by Crippen LogP contribution is -2.42. The van der Waals surface area contributed by atoms with E-state index in [1.807, 2.05) is 47.4 Å². The Labute approximate surface area is 211 Å². The Balaban J connectivity index is 1.49. The number of aliphatic hydroxyl groups excluding tert-OH is 1. The number of carbonyl (C=O) groups excluding carboxylic acids is 1. The van der Waals surface area contributed by atoms with Crippen molar-refractivity contribution in [1.29, 1.82) is 0 Å². The molecular formula is C26H25BrClFN2O3. The fraction of sp³-hybridized carbons (Fsp3) is 0.269. The standard InChI is InChI=1S/C26H25BrClFN2O3/c27-21-8-11-23(29)20(12-21)14-30(13-18-6-9-22(28)10-7-18)24-15-31(16-25(24)32)26(33)34-17-19-4-2-1-3-5-19/h1-12,24-25,32H,13-17H2/t24-,25-/m1/s1. The molecule has 3 aromatic rings. The van der Waals surface area contributed by atoms with Crippen LogP contribution in [0.5, 0.6) is 0 Å². The number of amides is 1. The summed E-state index contributed by atoms with van der Waals surface area (Å²) in [6.45, 7) is 1.31. The maximum atomic E-state index is 14.6. The van der Waals surface area contributed by atoms with E-state index >= 15 is 0 Å². The summed E-state index contributed by atoms with van der Waals surface area (Å²) >= 11 is 9.43. The second-order valence-electron chi connectivity index (χ2n) is 8.35. The fourth-order valence-electron chi connectivity index (χ4n) is 4.09. The molecule has 1 amide bonds. The number of ether oxygens (including phenoxy) is 1. The molecular weight excluding hydrogens is 523 g/mol. The van der Waals surface area contributed by atoms with Crippen LogP contribution in [0.3, 0.4) is 0 Å². The first-order chi connectivity index (χ1) is 16.4. The van der Waals surface area contributed by atoms with Gasteiger partial charge in [0.1, 0.15) is 12.4 Å². The monoisotopic (exact) mass is 546 g/mol. The summed E-state index contributed by atoms with van der Waals surface area (Å²) in [5, 5.41) is 11.5. The number of hydrogen-bond donors (Lipinski definition) is 1. The number of rotatable bonds is 7. The van der Waals surface area contributed by atoms with Crippen LogP contribution in [-0.2, 0) is 24.4 Å². The quantitative estimate of drug-likeness (QED) is 0.417. The molecule has 1 saturated heterocycles. The van der Waals surface area contributed by atoms with E-state index in [-0.39, 0.29) is 32.1 Å². The lowest BCUT2D eigenvalue weighted by molar-refractivity contribution is 0.0721. The minimum absolute atomic E-state index is 0.149. The molecule has 0 saturated carbocycles. The SMILES string of the molecule is O=C(OCc1ccccc1)N1C[C@@H](O)[C@H](N(Cc2ccc(Cl)cc2)Cc2cc(Br)ccc2F)C1. The number of halogens is 3. The van der Waals surface area contributed by atoms with Gasteiger partial charge in [0.25, 0.3) is 0 Å². The molecule has 1 heterocycles. The van der Waals surface area contributed by atoms with E-state index in [9.17, 15) is 14.3 Å². The molecule has 2 atom stereocenters. The first-order valence-electron chi connectivity index (χ1n) is 10.9. The summed E-state index contributed by atoms with van der Waals surface area (Å²) in [4.78, 5) is 16.2. The van der Waals surface area contributed by atoms with Crippen molar-refractivity contribution in [2.45, 2.75) is 31.8 Å². The van der Waals surface area contributed by atoms with Crippen LogP contribution in [0.4, 0.5) is 9.18 Å².